The molecule has 0 atom stereocenters. The van der Waals surface area contributed by atoms with Crippen LogP contribution in [0.2, 0.25) is 0 Å². The topological polar surface area (TPSA) is 76.0 Å². The fourth-order valence-corrected chi connectivity index (χ4v) is 3.63. The molecular weight excluding hydrogens is 344 g/mol. The Morgan fingerprint density at radius 1 is 1.11 bits per heavy atom. The molecule has 0 aromatic heterocycles. The van der Waals surface area contributed by atoms with Crippen LogP contribution in [0.4, 0.5) is 0 Å². The van der Waals surface area contributed by atoms with Gasteiger partial charge in [0.05, 0.1) is 18.8 Å². The Kier molecular flexibility index (Phi) is 6.88. The largest absolute Gasteiger partial charge is 0.396 e. The Balaban J connectivity index is 2.25. The molecule has 1 heterocycles. The molecule has 1 aromatic rings. The summed E-state index contributed by atoms with van der Waals surface area (Å²) in [5.41, 5.74) is 3.80. The molecule has 1 aliphatic rings. The van der Waals surface area contributed by atoms with Gasteiger partial charge in [0.15, 0.2) is 11.6 Å². The summed E-state index contributed by atoms with van der Waals surface area (Å²) in [6.07, 6.45) is 1.28. The monoisotopic (exact) mass is 372 g/mol. The summed E-state index contributed by atoms with van der Waals surface area (Å²) in [6.45, 7) is 9.67. The summed E-state index contributed by atoms with van der Waals surface area (Å²) in [4.78, 5) is 44.8. The highest BCUT2D eigenvalue weighted by molar-refractivity contribution is 6.24. The van der Waals surface area contributed by atoms with Gasteiger partial charge >= 0.3 is 0 Å². The number of benzene rings is 1. The highest BCUT2D eigenvalue weighted by atomic mass is 16.6. The van der Waals surface area contributed by atoms with Crippen LogP contribution in [0.1, 0.15) is 53.7 Å². The third kappa shape index (κ3) is 4.62. The van der Waals surface area contributed by atoms with Gasteiger partial charge in [0.1, 0.15) is 12.5 Å². The van der Waals surface area contributed by atoms with Gasteiger partial charge in [-0.25, -0.2) is 0 Å². The van der Waals surface area contributed by atoms with Crippen molar-refractivity contribution in [2.75, 3.05) is 19.7 Å². The average Bonchev–Trinajstić information content (AvgIpc) is 2.57. The van der Waals surface area contributed by atoms with Crippen molar-refractivity contribution in [1.29, 1.82) is 0 Å². The zero-order valence-electron chi connectivity index (χ0n) is 16.8. The Hall–Kier alpha value is -2.50. The second-order valence-corrected chi connectivity index (χ2v) is 7.05. The van der Waals surface area contributed by atoms with Gasteiger partial charge in [0.25, 0.3) is 5.91 Å². The molecule has 1 amide bonds. The molecule has 0 aliphatic carbocycles. The first-order chi connectivity index (χ1) is 12.8. The van der Waals surface area contributed by atoms with E-state index in [0.717, 1.165) is 23.1 Å². The number of carbonyl (C=O) groups is 3. The second-order valence-electron chi connectivity index (χ2n) is 7.05. The number of ketones is 2. The molecule has 0 radical (unpaired) electrons. The highest BCUT2D eigenvalue weighted by Crippen LogP contribution is 2.22. The first kappa shape index (κ1) is 20.8. The maximum absolute atomic E-state index is 13.0. The van der Waals surface area contributed by atoms with Crippen LogP contribution in [-0.2, 0) is 14.4 Å². The fourth-order valence-electron chi connectivity index (χ4n) is 3.63. The molecule has 1 fully saturated rings. The predicted molar refractivity (Wildman–Crippen MR) is 104 cm³/mol. The number of aryl methyl sites for hydroxylation is 3. The van der Waals surface area contributed by atoms with E-state index in [4.69, 9.17) is 4.84 Å². The van der Waals surface area contributed by atoms with Crippen LogP contribution in [-0.4, -0.2) is 47.8 Å². The predicted octanol–water partition coefficient (Wildman–Crippen LogP) is 3.01. The summed E-state index contributed by atoms with van der Waals surface area (Å²) in [5, 5.41) is 3.99. The molecule has 1 aromatic carbocycles. The lowest BCUT2D eigenvalue weighted by Crippen LogP contribution is -2.52. The second kappa shape index (κ2) is 8.93. The molecule has 1 aliphatic heterocycles. The van der Waals surface area contributed by atoms with E-state index in [1.54, 1.807) is 6.92 Å². The normalized spacial score (nSPS) is 16.0. The van der Waals surface area contributed by atoms with Crippen LogP contribution in [0, 0.1) is 26.7 Å². The van der Waals surface area contributed by atoms with E-state index in [1.807, 2.05) is 39.8 Å². The Morgan fingerprint density at radius 3 is 2.15 bits per heavy atom. The Morgan fingerprint density at radius 2 is 1.67 bits per heavy atom. The number of likely N-dealkylation sites (tertiary alicyclic amines) is 1. The van der Waals surface area contributed by atoms with Crippen LogP contribution < -0.4 is 0 Å². The molecule has 0 N–H and O–H groups in total. The number of piperidine rings is 1. The number of hydrogen-bond acceptors (Lipinski definition) is 5. The maximum atomic E-state index is 13.0. The molecule has 0 spiro atoms. The van der Waals surface area contributed by atoms with E-state index < -0.39 is 5.92 Å². The van der Waals surface area contributed by atoms with Gasteiger partial charge in [-0.2, -0.15) is 0 Å². The van der Waals surface area contributed by atoms with Crippen LogP contribution in [0.5, 0.6) is 0 Å². The van der Waals surface area contributed by atoms with Gasteiger partial charge < -0.3 is 9.74 Å². The van der Waals surface area contributed by atoms with Crippen molar-refractivity contribution in [2.24, 2.45) is 11.1 Å². The third-order valence-corrected chi connectivity index (χ3v) is 4.67. The first-order valence-corrected chi connectivity index (χ1v) is 9.41. The van der Waals surface area contributed by atoms with Crippen LogP contribution in [0.3, 0.4) is 0 Å². The standard InChI is InChI=1S/C21H28N2O4/c1-6-8-16(22-27-7-2)20-17(24)11-23(12-18(20)25)21(26)19-14(4)9-13(3)10-15(19)5/h9-10,20H,6-8,11-12H2,1-5H3. The van der Waals surface area contributed by atoms with Crippen molar-refractivity contribution in [3.63, 3.8) is 0 Å². The van der Waals surface area contributed by atoms with Gasteiger partial charge in [-0.3, -0.25) is 14.4 Å². The lowest BCUT2D eigenvalue weighted by molar-refractivity contribution is -0.134. The van der Waals surface area contributed by atoms with E-state index in [1.165, 1.54) is 4.90 Å². The van der Waals surface area contributed by atoms with Gasteiger partial charge in [-0.15, -0.1) is 0 Å². The molecule has 27 heavy (non-hydrogen) atoms. The number of rotatable bonds is 6. The van der Waals surface area contributed by atoms with E-state index in [0.29, 0.717) is 24.3 Å². The van der Waals surface area contributed by atoms with E-state index >= 15 is 0 Å². The fraction of sp³-hybridized carbons (Fsp3) is 0.524. The quantitative estimate of drug-likeness (QED) is 0.437. The van der Waals surface area contributed by atoms with Crippen molar-refractivity contribution in [1.82, 2.24) is 4.90 Å². The molecule has 146 valence electrons. The molecule has 1 saturated heterocycles. The maximum Gasteiger partial charge on any atom is 0.255 e. The minimum Gasteiger partial charge on any atom is -0.396 e. The van der Waals surface area contributed by atoms with Gasteiger partial charge in [0.2, 0.25) is 0 Å². The molecule has 0 bridgehead atoms. The van der Waals surface area contributed by atoms with E-state index in [9.17, 15) is 14.4 Å². The lowest BCUT2D eigenvalue weighted by atomic mass is 9.87. The lowest BCUT2D eigenvalue weighted by Gasteiger charge is -2.31. The molecule has 0 saturated carbocycles. The minimum atomic E-state index is -0.902. The van der Waals surface area contributed by atoms with Gasteiger partial charge in [-0.05, 0) is 45.2 Å². The molecular formula is C21H28N2O4. The summed E-state index contributed by atoms with van der Waals surface area (Å²) in [6, 6.07) is 3.87. The SMILES string of the molecule is CCCC(=NOCC)C1C(=O)CN(C(=O)c2c(C)cc(C)cc2C)CC1=O. The number of Topliss-reactive ketones (excluding diaryl/α,β-unsaturated/α-hetero) is 2. The average molecular weight is 372 g/mol. The summed E-state index contributed by atoms with van der Waals surface area (Å²) < 4.78 is 0. The molecule has 0 unspecified atom stereocenters. The minimum absolute atomic E-state index is 0.0865. The van der Waals surface area contributed by atoms with Crippen molar-refractivity contribution < 1.29 is 19.2 Å². The summed E-state index contributed by atoms with van der Waals surface area (Å²) >= 11 is 0. The summed E-state index contributed by atoms with van der Waals surface area (Å²) in [7, 11) is 0. The zero-order valence-corrected chi connectivity index (χ0v) is 16.8. The van der Waals surface area contributed by atoms with Crippen LogP contribution >= 0.6 is 0 Å². The summed E-state index contributed by atoms with van der Waals surface area (Å²) in [5.74, 6) is -1.77. The smallest absolute Gasteiger partial charge is 0.255 e. The number of oxime groups is 1. The number of amides is 1. The van der Waals surface area contributed by atoms with Crippen LogP contribution in [0.25, 0.3) is 0 Å². The molecule has 6 nitrogen and oxygen atoms in total. The van der Waals surface area contributed by atoms with Crippen molar-refractivity contribution in [3.05, 3.63) is 34.4 Å². The zero-order chi connectivity index (χ0) is 20.1. The van der Waals surface area contributed by atoms with Crippen LogP contribution in [0.15, 0.2) is 17.3 Å². The molecule has 6 heteroatoms. The number of nitrogens with zero attached hydrogens (tertiary/aromatic N) is 2. The first-order valence-electron chi connectivity index (χ1n) is 9.41. The Bertz CT molecular complexity index is 741. The highest BCUT2D eigenvalue weighted by Gasteiger charge is 2.40. The molecule has 2 rings (SSSR count). The van der Waals surface area contributed by atoms with Crippen molar-refractivity contribution in [2.45, 2.75) is 47.5 Å². The third-order valence-electron chi connectivity index (χ3n) is 4.67. The van der Waals surface area contributed by atoms with Gasteiger partial charge in [-0.1, -0.05) is 36.2 Å². The van der Waals surface area contributed by atoms with E-state index in [-0.39, 0.29) is 30.6 Å². The Labute approximate surface area is 160 Å². The van der Waals surface area contributed by atoms with Crippen molar-refractivity contribution >= 4 is 23.2 Å². The number of hydrogen-bond donors (Lipinski definition) is 0. The number of carbonyl (C=O) groups excluding carboxylic acids is 3. The van der Waals surface area contributed by atoms with E-state index in [2.05, 4.69) is 5.16 Å². The van der Waals surface area contributed by atoms with Gasteiger partial charge in [0, 0.05) is 5.56 Å². The van der Waals surface area contributed by atoms with Crippen molar-refractivity contribution in [3.8, 4) is 0 Å².